The minimum atomic E-state index is 0.209. The van der Waals surface area contributed by atoms with Crippen molar-refractivity contribution in [2.45, 2.75) is 38.6 Å². The average Bonchev–Trinajstić information content (AvgIpc) is 2.70. The van der Waals surface area contributed by atoms with E-state index in [1.807, 2.05) is 0 Å². The van der Waals surface area contributed by atoms with Gasteiger partial charge in [-0.2, -0.15) is 0 Å². The first-order chi connectivity index (χ1) is 9.78. The molecule has 5 heteroatoms. The van der Waals surface area contributed by atoms with Crippen LogP contribution in [0.1, 0.15) is 32.6 Å². The molecule has 0 radical (unpaired) electrons. The van der Waals surface area contributed by atoms with E-state index in [4.69, 9.17) is 0 Å². The molecule has 2 aliphatic rings. The van der Waals surface area contributed by atoms with Crippen LogP contribution in [0.2, 0.25) is 0 Å². The largest absolute Gasteiger partial charge is 0.352 e. The van der Waals surface area contributed by atoms with Crippen molar-refractivity contribution in [1.29, 1.82) is 0 Å². The van der Waals surface area contributed by atoms with Crippen LogP contribution in [0.5, 0.6) is 0 Å². The molecule has 0 unspecified atom stereocenters. The summed E-state index contributed by atoms with van der Waals surface area (Å²) < 4.78 is 0. The molecule has 1 amide bonds. The Hall–Kier alpha value is -0.650. The minimum Gasteiger partial charge on any atom is -0.352 e. The van der Waals surface area contributed by atoms with Crippen LogP contribution in [0.15, 0.2) is 0 Å². The Morgan fingerprint density at radius 1 is 1.15 bits per heavy atom. The summed E-state index contributed by atoms with van der Waals surface area (Å²) in [6, 6.07) is 0.390. The highest BCUT2D eigenvalue weighted by Gasteiger charge is 2.21. The fourth-order valence-corrected chi connectivity index (χ4v) is 3.15. The third kappa shape index (κ3) is 5.38. The van der Waals surface area contributed by atoms with Crippen molar-refractivity contribution < 1.29 is 4.79 Å². The Morgan fingerprint density at radius 2 is 1.95 bits per heavy atom. The molecule has 2 N–H and O–H groups in total. The van der Waals surface area contributed by atoms with Crippen LogP contribution in [-0.4, -0.2) is 74.1 Å². The summed E-state index contributed by atoms with van der Waals surface area (Å²) in [6.07, 6.45) is 4.57. The van der Waals surface area contributed by atoms with E-state index in [9.17, 15) is 4.79 Å². The van der Waals surface area contributed by atoms with Crippen molar-refractivity contribution in [2.24, 2.45) is 0 Å². The van der Waals surface area contributed by atoms with Gasteiger partial charge in [-0.05, 0) is 45.3 Å². The molecular weight excluding hydrogens is 252 g/mol. The van der Waals surface area contributed by atoms with Crippen LogP contribution in [-0.2, 0) is 4.79 Å². The molecule has 116 valence electrons. The first-order valence-electron chi connectivity index (χ1n) is 8.22. The summed E-state index contributed by atoms with van der Waals surface area (Å²) in [5, 5.41) is 6.59. The lowest BCUT2D eigenvalue weighted by Gasteiger charge is -2.32. The number of nitrogens with zero attached hydrogens (tertiary/aromatic N) is 2. The highest BCUT2D eigenvalue weighted by molar-refractivity contribution is 5.78. The molecule has 5 nitrogen and oxygen atoms in total. The fourth-order valence-electron chi connectivity index (χ4n) is 3.15. The molecule has 0 spiro atoms. The molecule has 2 aliphatic heterocycles. The number of carbonyl (C=O) groups excluding carboxylic acids is 1. The average molecular weight is 282 g/mol. The smallest absolute Gasteiger partial charge is 0.234 e. The van der Waals surface area contributed by atoms with Gasteiger partial charge in [0.25, 0.3) is 0 Å². The molecule has 2 fully saturated rings. The van der Waals surface area contributed by atoms with E-state index < -0.39 is 0 Å². The quantitative estimate of drug-likeness (QED) is 0.760. The Morgan fingerprint density at radius 3 is 2.70 bits per heavy atom. The fraction of sp³-hybridized carbons (Fsp3) is 0.933. The number of hydrogen-bond donors (Lipinski definition) is 2. The van der Waals surface area contributed by atoms with Crippen molar-refractivity contribution in [3.63, 3.8) is 0 Å². The maximum absolute atomic E-state index is 12.1. The van der Waals surface area contributed by atoms with Crippen LogP contribution in [0, 0.1) is 0 Å². The van der Waals surface area contributed by atoms with Gasteiger partial charge in [-0.25, -0.2) is 0 Å². The van der Waals surface area contributed by atoms with Crippen LogP contribution in [0.3, 0.4) is 0 Å². The van der Waals surface area contributed by atoms with Crippen molar-refractivity contribution in [1.82, 2.24) is 20.4 Å². The van der Waals surface area contributed by atoms with E-state index >= 15 is 0 Å². The maximum atomic E-state index is 12.1. The zero-order valence-corrected chi connectivity index (χ0v) is 12.9. The second-order valence-electron chi connectivity index (χ2n) is 6.06. The van der Waals surface area contributed by atoms with E-state index in [0.29, 0.717) is 12.6 Å². The monoisotopic (exact) mass is 282 g/mol. The summed E-state index contributed by atoms with van der Waals surface area (Å²) in [4.78, 5) is 16.9. The third-order valence-electron chi connectivity index (χ3n) is 4.29. The molecule has 0 aliphatic carbocycles. The first kappa shape index (κ1) is 15.7. The molecule has 2 heterocycles. The lowest BCUT2D eigenvalue weighted by atomic mass is 10.0. The predicted molar refractivity (Wildman–Crippen MR) is 81.8 cm³/mol. The number of nitrogens with one attached hydrogen (secondary N) is 2. The van der Waals surface area contributed by atoms with Crippen molar-refractivity contribution in [2.75, 3.05) is 52.4 Å². The van der Waals surface area contributed by atoms with Gasteiger partial charge in [0.1, 0.15) is 0 Å². The molecule has 2 rings (SSSR count). The van der Waals surface area contributed by atoms with E-state index in [-0.39, 0.29) is 5.91 Å². The van der Waals surface area contributed by atoms with Gasteiger partial charge in [-0.3, -0.25) is 9.69 Å². The molecule has 0 aromatic carbocycles. The molecule has 0 aromatic rings. The van der Waals surface area contributed by atoms with Crippen LogP contribution in [0.4, 0.5) is 0 Å². The van der Waals surface area contributed by atoms with Crippen LogP contribution >= 0.6 is 0 Å². The van der Waals surface area contributed by atoms with E-state index in [1.54, 1.807) is 0 Å². The predicted octanol–water partition coefficient (Wildman–Crippen LogP) is 0.272. The van der Waals surface area contributed by atoms with Gasteiger partial charge in [-0.1, -0.05) is 6.92 Å². The van der Waals surface area contributed by atoms with Crippen molar-refractivity contribution in [3.8, 4) is 0 Å². The maximum Gasteiger partial charge on any atom is 0.234 e. The Balaban J connectivity index is 1.64. The topological polar surface area (TPSA) is 47.6 Å². The number of rotatable bonds is 5. The van der Waals surface area contributed by atoms with Crippen molar-refractivity contribution >= 4 is 5.91 Å². The Labute approximate surface area is 123 Å². The lowest BCUT2D eigenvalue weighted by molar-refractivity contribution is -0.123. The second kappa shape index (κ2) is 8.60. The number of likely N-dealkylation sites (tertiary alicyclic amines) is 1. The summed E-state index contributed by atoms with van der Waals surface area (Å²) in [5.74, 6) is 0.209. The standard InChI is InChI=1S/C15H30N4O/c1-2-8-18-10-4-14(5-11-18)17-15(20)13-19-9-3-6-16-7-12-19/h14,16H,2-13H2,1H3,(H,17,20). The molecule has 20 heavy (non-hydrogen) atoms. The van der Waals surface area contributed by atoms with E-state index in [0.717, 1.165) is 58.5 Å². The normalized spacial score (nSPS) is 23.4. The summed E-state index contributed by atoms with van der Waals surface area (Å²) in [5.41, 5.74) is 0. The Bertz CT molecular complexity index is 282. The second-order valence-corrected chi connectivity index (χ2v) is 6.06. The number of hydrogen-bond acceptors (Lipinski definition) is 4. The van der Waals surface area contributed by atoms with Gasteiger partial charge in [0.2, 0.25) is 5.91 Å². The van der Waals surface area contributed by atoms with E-state index in [1.165, 1.54) is 13.0 Å². The first-order valence-corrected chi connectivity index (χ1v) is 8.22. The lowest BCUT2D eigenvalue weighted by Crippen LogP contribution is -2.47. The number of carbonyl (C=O) groups is 1. The molecule has 2 saturated heterocycles. The van der Waals surface area contributed by atoms with Crippen LogP contribution < -0.4 is 10.6 Å². The molecule has 0 saturated carbocycles. The SMILES string of the molecule is CCCN1CCC(NC(=O)CN2CCCNCC2)CC1. The molecule has 0 atom stereocenters. The third-order valence-corrected chi connectivity index (χ3v) is 4.29. The molecule has 0 bridgehead atoms. The van der Waals surface area contributed by atoms with Gasteiger partial charge in [0, 0.05) is 32.2 Å². The van der Waals surface area contributed by atoms with Crippen molar-refractivity contribution in [3.05, 3.63) is 0 Å². The van der Waals surface area contributed by atoms with Gasteiger partial charge in [0.05, 0.1) is 6.54 Å². The number of amides is 1. The zero-order chi connectivity index (χ0) is 14.2. The Kier molecular flexibility index (Phi) is 6.76. The highest BCUT2D eigenvalue weighted by atomic mass is 16.2. The van der Waals surface area contributed by atoms with Gasteiger partial charge in [0.15, 0.2) is 0 Å². The summed E-state index contributed by atoms with van der Waals surface area (Å²) >= 11 is 0. The van der Waals surface area contributed by atoms with Gasteiger partial charge in [-0.15, -0.1) is 0 Å². The minimum absolute atomic E-state index is 0.209. The van der Waals surface area contributed by atoms with Gasteiger partial charge >= 0.3 is 0 Å². The molecular formula is C15H30N4O. The zero-order valence-electron chi connectivity index (χ0n) is 12.9. The van der Waals surface area contributed by atoms with Gasteiger partial charge < -0.3 is 15.5 Å². The van der Waals surface area contributed by atoms with E-state index in [2.05, 4.69) is 27.4 Å². The summed E-state index contributed by atoms with van der Waals surface area (Å²) in [7, 11) is 0. The number of piperidine rings is 1. The molecule has 0 aromatic heterocycles. The highest BCUT2D eigenvalue weighted by Crippen LogP contribution is 2.10. The summed E-state index contributed by atoms with van der Waals surface area (Å²) in [6.45, 7) is 10.4. The van der Waals surface area contributed by atoms with Crippen LogP contribution in [0.25, 0.3) is 0 Å².